The molecule has 18 heavy (non-hydrogen) atoms. The van der Waals surface area contributed by atoms with Gasteiger partial charge in [0.05, 0.1) is 11.8 Å². The van der Waals surface area contributed by atoms with Gasteiger partial charge in [-0.1, -0.05) is 38.1 Å². The van der Waals surface area contributed by atoms with Gasteiger partial charge in [0, 0.05) is 6.20 Å². The third kappa shape index (κ3) is 2.54. The summed E-state index contributed by atoms with van der Waals surface area (Å²) < 4.78 is 0. The Balaban J connectivity index is 2.32. The standard InChI is InChI=1S/C15H15N3/c1-11(2)12-3-5-13(6-4-12)14(9-16)15-7-8-17-10-18-15/h3-8,10-11,14H,1-2H3. The van der Waals surface area contributed by atoms with Crippen molar-refractivity contribution in [2.45, 2.75) is 25.7 Å². The van der Waals surface area contributed by atoms with Gasteiger partial charge in [0.2, 0.25) is 0 Å². The summed E-state index contributed by atoms with van der Waals surface area (Å²) in [6.45, 7) is 4.31. The normalized spacial score (nSPS) is 12.1. The molecule has 0 spiro atoms. The summed E-state index contributed by atoms with van der Waals surface area (Å²) in [7, 11) is 0. The van der Waals surface area contributed by atoms with Crippen LogP contribution in [-0.4, -0.2) is 9.97 Å². The third-order valence-corrected chi connectivity index (χ3v) is 2.97. The van der Waals surface area contributed by atoms with Crippen LogP contribution in [0.4, 0.5) is 0 Å². The van der Waals surface area contributed by atoms with Gasteiger partial charge in [0.1, 0.15) is 12.2 Å². The smallest absolute Gasteiger partial charge is 0.115 e. The van der Waals surface area contributed by atoms with Crippen molar-refractivity contribution < 1.29 is 0 Å². The molecule has 1 aromatic carbocycles. The zero-order chi connectivity index (χ0) is 13.0. The summed E-state index contributed by atoms with van der Waals surface area (Å²) >= 11 is 0. The molecular formula is C15H15N3. The lowest BCUT2D eigenvalue weighted by molar-refractivity contribution is 0.862. The highest BCUT2D eigenvalue weighted by Gasteiger charge is 2.14. The molecule has 0 saturated carbocycles. The predicted octanol–water partition coefficient (Wildman–Crippen LogP) is 3.26. The Morgan fingerprint density at radius 3 is 2.22 bits per heavy atom. The van der Waals surface area contributed by atoms with Crippen molar-refractivity contribution in [3.8, 4) is 6.07 Å². The van der Waals surface area contributed by atoms with Gasteiger partial charge in [-0.25, -0.2) is 9.97 Å². The molecule has 0 aliphatic heterocycles. The van der Waals surface area contributed by atoms with Crippen molar-refractivity contribution in [3.05, 3.63) is 59.7 Å². The van der Waals surface area contributed by atoms with Crippen LogP contribution < -0.4 is 0 Å². The highest BCUT2D eigenvalue weighted by Crippen LogP contribution is 2.24. The number of nitriles is 1. The first-order chi connectivity index (χ1) is 8.72. The van der Waals surface area contributed by atoms with Crippen LogP contribution in [0, 0.1) is 11.3 Å². The van der Waals surface area contributed by atoms with E-state index < -0.39 is 0 Å². The van der Waals surface area contributed by atoms with Crippen LogP contribution in [0.1, 0.15) is 42.5 Å². The molecule has 0 fully saturated rings. The summed E-state index contributed by atoms with van der Waals surface area (Å²) in [5, 5.41) is 9.30. The lowest BCUT2D eigenvalue weighted by Crippen LogP contribution is -2.01. The van der Waals surface area contributed by atoms with Crippen molar-refractivity contribution in [1.29, 1.82) is 5.26 Å². The van der Waals surface area contributed by atoms with Crippen molar-refractivity contribution in [2.24, 2.45) is 0 Å². The van der Waals surface area contributed by atoms with Gasteiger partial charge in [-0.05, 0) is 23.1 Å². The van der Waals surface area contributed by atoms with Gasteiger partial charge in [0.25, 0.3) is 0 Å². The first-order valence-electron chi connectivity index (χ1n) is 5.97. The number of hydrogen-bond acceptors (Lipinski definition) is 3. The molecule has 0 N–H and O–H groups in total. The van der Waals surface area contributed by atoms with Crippen molar-refractivity contribution in [3.63, 3.8) is 0 Å². The van der Waals surface area contributed by atoms with Crippen LogP contribution in [0.25, 0.3) is 0 Å². The first-order valence-corrected chi connectivity index (χ1v) is 5.97. The van der Waals surface area contributed by atoms with Gasteiger partial charge in [-0.3, -0.25) is 0 Å². The van der Waals surface area contributed by atoms with Crippen LogP contribution in [0.3, 0.4) is 0 Å². The molecule has 0 aliphatic carbocycles. The minimum Gasteiger partial charge on any atom is -0.245 e. The molecule has 1 aromatic heterocycles. The van der Waals surface area contributed by atoms with E-state index in [1.165, 1.54) is 11.9 Å². The van der Waals surface area contributed by atoms with Gasteiger partial charge in [0.15, 0.2) is 0 Å². The van der Waals surface area contributed by atoms with E-state index in [-0.39, 0.29) is 5.92 Å². The Morgan fingerprint density at radius 1 is 1.06 bits per heavy atom. The van der Waals surface area contributed by atoms with Crippen LogP contribution in [-0.2, 0) is 0 Å². The van der Waals surface area contributed by atoms with Gasteiger partial charge in [-0.2, -0.15) is 5.26 Å². The van der Waals surface area contributed by atoms with E-state index >= 15 is 0 Å². The topological polar surface area (TPSA) is 49.6 Å². The molecule has 0 amide bonds. The molecular weight excluding hydrogens is 222 g/mol. The Morgan fingerprint density at radius 2 is 1.72 bits per heavy atom. The molecule has 2 aromatic rings. The minimum absolute atomic E-state index is 0.325. The van der Waals surface area contributed by atoms with Crippen molar-refractivity contribution in [2.75, 3.05) is 0 Å². The lowest BCUT2D eigenvalue weighted by Gasteiger charge is -2.10. The fraction of sp³-hybridized carbons (Fsp3) is 0.267. The number of rotatable bonds is 3. The maximum atomic E-state index is 9.30. The Kier molecular flexibility index (Phi) is 3.69. The second kappa shape index (κ2) is 5.42. The Labute approximate surface area is 107 Å². The van der Waals surface area contributed by atoms with Gasteiger partial charge < -0.3 is 0 Å². The number of hydrogen-bond donors (Lipinski definition) is 0. The van der Waals surface area contributed by atoms with E-state index in [4.69, 9.17) is 0 Å². The predicted molar refractivity (Wildman–Crippen MR) is 70.0 cm³/mol. The highest BCUT2D eigenvalue weighted by molar-refractivity contribution is 5.36. The largest absolute Gasteiger partial charge is 0.245 e. The summed E-state index contributed by atoms with van der Waals surface area (Å²) in [5.74, 6) is 0.174. The fourth-order valence-electron chi connectivity index (χ4n) is 1.86. The van der Waals surface area contributed by atoms with Gasteiger partial charge in [-0.15, -0.1) is 0 Å². The van der Waals surface area contributed by atoms with E-state index in [1.807, 2.05) is 12.1 Å². The lowest BCUT2D eigenvalue weighted by atomic mass is 9.94. The average Bonchev–Trinajstić information content (AvgIpc) is 2.41. The maximum Gasteiger partial charge on any atom is 0.115 e. The third-order valence-electron chi connectivity index (χ3n) is 2.97. The second-order valence-electron chi connectivity index (χ2n) is 4.52. The van der Waals surface area contributed by atoms with E-state index in [0.717, 1.165) is 11.3 Å². The molecule has 3 heteroatoms. The molecule has 1 atom stereocenters. The summed E-state index contributed by atoms with van der Waals surface area (Å²) in [5.41, 5.74) is 2.99. The maximum absolute atomic E-state index is 9.30. The Hall–Kier alpha value is -2.21. The molecule has 90 valence electrons. The molecule has 1 unspecified atom stereocenters. The summed E-state index contributed by atoms with van der Waals surface area (Å²) in [4.78, 5) is 8.02. The molecule has 0 aliphatic rings. The molecule has 0 radical (unpaired) electrons. The first kappa shape index (κ1) is 12.3. The summed E-state index contributed by atoms with van der Waals surface area (Å²) in [6, 6.07) is 12.2. The van der Waals surface area contributed by atoms with E-state index in [0.29, 0.717) is 5.92 Å². The summed E-state index contributed by atoms with van der Waals surface area (Å²) in [6.07, 6.45) is 3.14. The van der Waals surface area contributed by atoms with Crippen LogP contribution in [0.2, 0.25) is 0 Å². The van der Waals surface area contributed by atoms with Crippen LogP contribution >= 0.6 is 0 Å². The van der Waals surface area contributed by atoms with E-state index in [2.05, 4.69) is 42.0 Å². The van der Waals surface area contributed by atoms with Crippen molar-refractivity contribution in [1.82, 2.24) is 9.97 Å². The molecule has 3 nitrogen and oxygen atoms in total. The van der Waals surface area contributed by atoms with E-state index in [9.17, 15) is 5.26 Å². The van der Waals surface area contributed by atoms with Crippen LogP contribution in [0.15, 0.2) is 42.9 Å². The minimum atomic E-state index is -0.325. The number of benzene rings is 1. The SMILES string of the molecule is CC(C)c1ccc(C(C#N)c2ccncn2)cc1. The monoisotopic (exact) mass is 237 g/mol. The molecule has 0 saturated heterocycles. The molecule has 2 rings (SSSR count). The number of aromatic nitrogens is 2. The van der Waals surface area contributed by atoms with E-state index in [1.54, 1.807) is 12.3 Å². The van der Waals surface area contributed by atoms with Crippen LogP contribution in [0.5, 0.6) is 0 Å². The Bertz CT molecular complexity index is 538. The zero-order valence-electron chi connectivity index (χ0n) is 10.5. The molecule has 0 bridgehead atoms. The number of nitrogens with zero attached hydrogens (tertiary/aromatic N) is 3. The zero-order valence-corrected chi connectivity index (χ0v) is 10.5. The molecule has 1 heterocycles. The van der Waals surface area contributed by atoms with Crippen molar-refractivity contribution >= 4 is 0 Å². The fourth-order valence-corrected chi connectivity index (χ4v) is 1.86. The van der Waals surface area contributed by atoms with Gasteiger partial charge >= 0.3 is 0 Å². The quantitative estimate of drug-likeness (QED) is 0.823. The highest BCUT2D eigenvalue weighted by atomic mass is 14.8. The second-order valence-corrected chi connectivity index (χ2v) is 4.52. The average molecular weight is 237 g/mol.